The molecular formula is C34H25F4N3O5S2. The lowest BCUT2D eigenvalue weighted by Crippen LogP contribution is -2.42. The van der Waals surface area contributed by atoms with Crippen LogP contribution in [0.25, 0.3) is 0 Å². The van der Waals surface area contributed by atoms with Crippen molar-refractivity contribution in [2.45, 2.75) is 28.8 Å². The van der Waals surface area contributed by atoms with Crippen LogP contribution in [0, 0.1) is 35.4 Å². The minimum atomic E-state index is -4.62. The number of aromatic amines is 1. The van der Waals surface area contributed by atoms with Crippen LogP contribution < -0.4 is 19.8 Å². The molecule has 2 bridgehead atoms. The van der Waals surface area contributed by atoms with E-state index >= 15 is 0 Å². The second-order valence-corrected chi connectivity index (χ2v) is 14.6. The van der Waals surface area contributed by atoms with Crippen LogP contribution in [0.3, 0.4) is 0 Å². The lowest BCUT2D eigenvalue weighted by molar-refractivity contribution is -0.137. The Labute approximate surface area is 278 Å². The molecule has 0 spiro atoms. The number of aromatic nitrogens is 1. The van der Waals surface area contributed by atoms with Crippen molar-refractivity contribution in [2.24, 2.45) is 29.6 Å². The van der Waals surface area contributed by atoms with Gasteiger partial charge in [0.15, 0.2) is 6.61 Å². The molecule has 1 saturated heterocycles. The SMILES string of the molecule is O=C(COc1ccc([C@@H]2c3sc(=O)[nH]c3S[C@@H]3[C@@H]4C[C@@H]([C@@H]5C(=O)N(c6cccc(C(F)(F)F)c6)C(=O)[C@@H]45)[C@H]23)cc1)Nc1ccc(F)cc1. The Morgan fingerprint density at radius 2 is 1.67 bits per heavy atom. The molecule has 4 aromatic rings. The lowest BCUT2D eigenvalue weighted by atomic mass is 9.68. The fourth-order valence-electron chi connectivity index (χ4n) is 8.12. The second-order valence-electron chi connectivity index (χ2n) is 12.4. The quantitative estimate of drug-likeness (QED) is 0.181. The maximum atomic E-state index is 13.9. The Morgan fingerprint density at radius 1 is 0.958 bits per heavy atom. The molecule has 2 N–H and O–H groups in total. The van der Waals surface area contributed by atoms with E-state index in [2.05, 4.69) is 10.3 Å². The molecule has 8 rings (SSSR count). The van der Waals surface area contributed by atoms with Gasteiger partial charge in [-0.15, -0.1) is 11.8 Å². The van der Waals surface area contributed by atoms with E-state index in [-0.39, 0.29) is 46.1 Å². The third-order valence-corrected chi connectivity index (χ3v) is 12.5. The number of nitrogens with zero attached hydrogens (tertiary/aromatic N) is 1. The molecule has 3 aromatic carbocycles. The number of nitrogens with one attached hydrogen (secondary N) is 2. The maximum absolute atomic E-state index is 13.9. The van der Waals surface area contributed by atoms with Crippen LogP contribution in [-0.4, -0.2) is 34.6 Å². The average molecular weight is 696 g/mol. The van der Waals surface area contributed by atoms with Crippen LogP contribution in [0.1, 0.15) is 28.3 Å². The number of anilines is 2. The fourth-order valence-corrected chi connectivity index (χ4v) is 11.0. The van der Waals surface area contributed by atoms with Gasteiger partial charge in [0, 0.05) is 21.7 Å². The van der Waals surface area contributed by atoms with Gasteiger partial charge in [-0.1, -0.05) is 29.5 Å². The van der Waals surface area contributed by atoms with Gasteiger partial charge >= 0.3 is 11.0 Å². The van der Waals surface area contributed by atoms with Crippen LogP contribution in [0.15, 0.2) is 82.6 Å². The molecule has 2 aliphatic carbocycles. The number of imide groups is 1. The van der Waals surface area contributed by atoms with Gasteiger partial charge in [0.25, 0.3) is 5.91 Å². The summed E-state index contributed by atoms with van der Waals surface area (Å²) in [5.74, 6) is -3.46. The van der Waals surface area contributed by atoms with Crippen LogP contribution in [0.5, 0.6) is 5.75 Å². The predicted molar refractivity (Wildman–Crippen MR) is 169 cm³/mol. The first-order chi connectivity index (χ1) is 23.0. The van der Waals surface area contributed by atoms with E-state index in [9.17, 15) is 36.7 Å². The molecule has 246 valence electrons. The Bertz CT molecular complexity index is 2010. The van der Waals surface area contributed by atoms with E-state index in [1.807, 2.05) is 12.1 Å². The minimum Gasteiger partial charge on any atom is -0.484 e. The summed E-state index contributed by atoms with van der Waals surface area (Å²) in [6.45, 7) is -0.281. The highest BCUT2D eigenvalue weighted by atomic mass is 32.2. The number of halogens is 4. The van der Waals surface area contributed by atoms with Gasteiger partial charge in [0.2, 0.25) is 11.8 Å². The first kappa shape index (κ1) is 30.9. The molecule has 3 heterocycles. The molecule has 0 unspecified atom stereocenters. The van der Waals surface area contributed by atoms with Gasteiger partial charge in [-0.05, 0) is 84.3 Å². The Balaban J connectivity index is 1.05. The van der Waals surface area contributed by atoms with E-state index in [0.717, 1.165) is 43.8 Å². The number of amides is 3. The van der Waals surface area contributed by atoms with E-state index in [4.69, 9.17) is 4.74 Å². The summed E-state index contributed by atoms with van der Waals surface area (Å²) in [4.78, 5) is 57.1. The highest BCUT2D eigenvalue weighted by Gasteiger charge is 2.69. The first-order valence-corrected chi connectivity index (χ1v) is 16.9. The molecule has 7 atom stereocenters. The number of benzene rings is 3. The zero-order chi connectivity index (χ0) is 33.5. The normalized spacial score (nSPS) is 27.1. The number of thiazole rings is 1. The zero-order valence-corrected chi connectivity index (χ0v) is 26.3. The molecular weight excluding hydrogens is 671 g/mol. The number of fused-ring (bicyclic) bond motifs is 9. The van der Waals surface area contributed by atoms with Gasteiger partial charge in [-0.3, -0.25) is 24.1 Å². The molecule has 14 heteroatoms. The third-order valence-electron chi connectivity index (χ3n) is 9.89. The van der Waals surface area contributed by atoms with E-state index < -0.39 is 47.1 Å². The highest BCUT2D eigenvalue weighted by Crippen LogP contribution is 2.68. The molecule has 48 heavy (non-hydrogen) atoms. The Morgan fingerprint density at radius 3 is 2.38 bits per heavy atom. The van der Waals surface area contributed by atoms with E-state index in [1.54, 1.807) is 12.1 Å². The lowest BCUT2D eigenvalue weighted by Gasteiger charge is -2.43. The number of hydrogen-bond donors (Lipinski definition) is 2. The van der Waals surface area contributed by atoms with E-state index in [1.165, 1.54) is 48.2 Å². The van der Waals surface area contributed by atoms with Crippen molar-refractivity contribution in [3.63, 3.8) is 0 Å². The monoisotopic (exact) mass is 695 g/mol. The van der Waals surface area contributed by atoms with Gasteiger partial charge in [0.1, 0.15) is 11.6 Å². The summed E-state index contributed by atoms with van der Waals surface area (Å²) in [7, 11) is 0. The Kier molecular flexibility index (Phi) is 7.29. The summed E-state index contributed by atoms with van der Waals surface area (Å²) >= 11 is 2.62. The summed E-state index contributed by atoms with van der Waals surface area (Å²) in [6.07, 6.45) is -3.99. The van der Waals surface area contributed by atoms with Crippen LogP contribution in [0.4, 0.5) is 28.9 Å². The van der Waals surface area contributed by atoms with Crippen LogP contribution in [-0.2, 0) is 20.6 Å². The summed E-state index contributed by atoms with van der Waals surface area (Å²) in [5.41, 5.74) is 0.297. The van der Waals surface area contributed by atoms with E-state index in [0.29, 0.717) is 17.9 Å². The molecule has 8 nitrogen and oxygen atoms in total. The van der Waals surface area contributed by atoms with Crippen molar-refractivity contribution in [3.05, 3.63) is 104 Å². The molecule has 1 aromatic heterocycles. The van der Waals surface area contributed by atoms with Crippen molar-refractivity contribution in [1.82, 2.24) is 4.98 Å². The van der Waals surface area contributed by atoms with Crippen LogP contribution in [0.2, 0.25) is 0 Å². The van der Waals surface area contributed by atoms with Gasteiger partial charge < -0.3 is 15.0 Å². The molecule has 3 amide bonds. The van der Waals surface area contributed by atoms with Gasteiger partial charge in [0.05, 0.1) is 28.1 Å². The number of rotatable bonds is 6. The van der Waals surface area contributed by atoms with Crippen molar-refractivity contribution >= 4 is 52.2 Å². The van der Waals surface area contributed by atoms with Crippen LogP contribution >= 0.6 is 23.1 Å². The molecule has 0 radical (unpaired) electrons. The predicted octanol–water partition coefficient (Wildman–Crippen LogP) is 6.29. The maximum Gasteiger partial charge on any atom is 0.416 e. The molecule has 3 fully saturated rings. The number of alkyl halides is 3. The summed E-state index contributed by atoms with van der Waals surface area (Å²) in [5, 5.41) is 3.27. The fraction of sp³-hybridized carbons (Fsp3) is 0.294. The molecule has 4 aliphatic rings. The van der Waals surface area contributed by atoms with Crippen molar-refractivity contribution in [3.8, 4) is 5.75 Å². The topological polar surface area (TPSA) is 109 Å². The average Bonchev–Trinajstić information content (AvgIpc) is 3.80. The van der Waals surface area contributed by atoms with Gasteiger partial charge in [-0.2, -0.15) is 13.2 Å². The number of ether oxygens (including phenoxy) is 1. The van der Waals surface area contributed by atoms with Crippen molar-refractivity contribution in [1.29, 1.82) is 0 Å². The standard InChI is InChI=1S/C34H25F4N3O5S2/c35-17-6-8-18(9-7-17)39-23(42)14-46-20-10-4-15(5-11-20)24-25-21-13-22(28(25)47-30-29(24)48-33(45)40-30)27-26(21)31(43)41(32(27)44)19-3-1-2-16(12-19)34(36,37)38/h1-12,21-22,24-28H,13-14H2,(H,39,42)(H,40,45)/t21-,22-,24+,25-,26+,27+,28-/m1/s1. The minimum absolute atomic E-state index is 0.0776. The number of H-pyrrole nitrogens is 1. The number of thioether (sulfide) groups is 1. The van der Waals surface area contributed by atoms with Gasteiger partial charge in [-0.25, -0.2) is 4.39 Å². The van der Waals surface area contributed by atoms with Crippen molar-refractivity contribution < 1.29 is 36.7 Å². The highest BCUT2D eigenvalue weighted by molar-refractivity contribution is 8.00. The number of carbonyl (C=O) groups is 3. The molecule has 2 aliphatic heterocycles. The third kappa shape index (κ3) is 5.04. The first-order valence-electron chi connectivity index (χ1n) is 15.2. The number of carbonyl (C=O) groups excluding carboxylic acids is 3. The summed E-state index contributed by atoms with van der Waals surface area (Å²) in [6, 6.07) is 16.8. The van der Waals surface area contributed by atoms with Crippen molar-refractivity contribution in [2.75, 3.05) is 16.8 Å². The summed E-state index contributed by atoms with van der Waals surface area (Å²) < 4.78 is 59.3. The Hall–Kier alpha value is -4.43. The smallest absolute Gasteiger partial charge is 0.416 e. The zero-order valence-electron chi connectivity index (χ0n) is 24.7. The largest absolute Gasteiger partial charge is 0.484 e. The second kappa shape index (κ2) is 11.3. The molecule has 2 saturated carbocycles. The number of hydrogen-bond acceptors (Lipinski definition) is 7.